The van der Waals surface area contributed by atoms with Gasteiger partial charge in [-0.25, -0.2) is 13.1 Å². The van der Waals surface area contributed by atoms with Crippen LogP contribution in [0.25, 0.3) is 0 Å². The fraction of sp³-hybridized carbons (Fsp3) is 0.538. The molecule has 1 atom stereocenters. The molecule has 0 saturated heterocycles. The standard InChI is InChI=1S/C13H13ClF3N5O4S/c1-7(22-27(24,25)13(15,16)17)5-26-9-4-8(10(14)21-20-9)11(23)19-12(6-18)2-3-12/h4,7,22H,2-3,5H2,1H3,(H,19,23)/t7-/m0/s1. The van der Waals surface area contributed by atoms with E-state index in [0.29, 0.717) is 12.8 Å². The summed E-state index contributed by atoms with van der Waals surface area (Å²) in [4.78, 5) is 12.2. The molecular formula is C13H13ClF3N5O4S. The van der Waals surface area contributed by atoms with Gasteiger partial charge in [0.15, 0.2) is 5.15 Å². The summed E-state index contributed by atoms with van der Waals surface area (Å²) in [6, 6.07) is 1.80. The number of alkyl halides is 3. The van der Waals surface area contributed by atoms with Crippen molar-refractivity contribution in [2.45, 2.75) is 36.9 Å². The fourth-order valence-corrected chi connectivity index (χ4v) is 2.75. The fourth-order valence-electron chi connectivity index (χ4n) is 1.84. The van der Waals surface area contributed by atoms with Gasteiger partial charge in [0.2, 0.25) is 5.88 Å². The quantitative estimate of drug-likeness (QED) is 0.665. The molecule has 0 spiro atoms. The summed E-state index contributed by atoms with van der Waals surface area (Å²) in [5.74, 6) is -0.950. The van der Waals surface area contributed by atoms with E-state index >= 15 is 0 Å². The number of sulfonamides is 1. The van der Waals surface area contributed by atoms with Gasteiger partial charge in [-0.2, -0.15) is 18.4 Å². The van der Waals surface area contributed by atoms with Crippen molar-refractivity contribution in [1.29, 1.82) is 5.26 Å². The van der Waals surface area contributed by atoms with E-state index in [1.165, 1.54) is 4.72 Å². The summed E-state index contributed by atoms with van der Waals surface area (Å²) < 4.78 is 65.4. The van der Waals surface area contributed by atoms with Gasteiger partial charge in [0.25, 0.3) is 5.91 Å². The number of halogens is 4. The average Bonchev–Trinajstić information content (AvgIpc) is 3.32. The minimum absolute atomic E-state index is 0.147. The number of ether oxygens (including phenoxy) is 1. The predicted octanol–water partition coefficient (Wildman–Crippen LogP) is 1.12. The summed E-state index contributed by atoms with van der Waals surface area (Å²) in [5, 5.41) is 18.2. The zero-order valence-corrected chi connectivity index (χ0v) is 15.2. The maximum Gasteiger partial charge on any atom is 0.511 e. The van der Waals surface area contributed by atoms with Gasteiger partial charge >= 0.3 is 15.5 Å². The molecule has 1 aliphatic rings. The summed E-state index contributed by atoms with van der Waals surface area (Å²) in [5.41, 5.74) is -6.55. The number of amides is 1. The van der Waals surface area contributed by atoms with Crippen molar-refractivity contribution < 1.29 is 31.1 Å². The molecule has 0 radical (unpaired) electrons. The lowest BCUT2D eigenvalue weighted by atomic mass is 10.2. The first kappa shape index (κ1) is 21.1. The van der Waals surface area contributed by atoms with Crippen molar-refractivity contribution in [2.24, 2.45) is 0 Å². The van der Waals surface area contributed by atoms with Gasteiger partial charge in [0.1, 0.15) is 12.1 Å². The van der Waals surface area contributed by atoms with Crippen molar-refractivity contribution in [3.63, 3.8) is 0 Å². The Hall–Kier alpha value is -2.17. The van der Waals surface area contributed by atoms with E-state index in [-0.39, 0.29) is 16.6 Å². The maximum absolute atomic E-state index is 12.3. The van der Waals surface area contributed by atoms with Crippen LogP contribution in [0, 0.1) is 11.3 Å². The van der Waals surface area contributed by atoms with E-state index in [1.54, 1.807) is 0 Å². The highest BCUT2D eigenvalue weighted by Crippen LogP contribution is 2.35. The lowest BCUT2D eigenvalue weighted by molar-refractivity contribution is -0.0451. The van der Waals surface area contributed by atoms with Crippen LogP contribution in [0.4, 0.5) is 13.2 Å². The SMILES string of the molecule is C[C@@H](COc1cc(C(=O)NC2(C#N)CC2)c(Cl)nn1)NS(=O)(=O)C(F)(F)F. The molecular weight excluding hydrogens is 415 g/mol. The summed E-state index contributed by atoms with van der Waals surface area (Å²) >= 11 is 5.79. The molecule has 2 N–H and O–H groups in total. The number of nitrogens with zero attached hydrogens (tertiary/aromatic N) is 3. The number of hydrogen-bond acceptors (Lipinski definition) is 7. The molecule has 0 aromatic carbocycles. The van der Waals surface area contributed by atoms with Crippen LogP contribution in [-0.2, 0) is 10.0 Å². The molecule has 1 aliphatic carbocycles. The largest absolute Gasteiger partial charge is 0.511 e. The number of carbonyl (C=O) groups excluding carboxylic acids is 1. The van der Waals surface area contributed by atoms with Gasteiger partial charge in [-0.3, -0.25) is 4.79 Å². The topological polar surface area (TPSA) is 134 Å². The van der Waals surface area contributed by atoms with Crippen LogP contribution in [0.5, 0.6) is 5.88 Å². The Morgan fingerprint density at radius 1 is 1.48 bits per heavy atom. The number of hydrogen-bond donors (Lipinski definition) is 2. The van der Waals surface area contributed by atoms with Gasteiger partial charge in [0.05, 0.1) is 17.7 Å². The number of nitrogens with one attached hydrogen (secondary N) is 2. The van der Waals surface area contributed by atoms with E-state index in [2.05, 4.69) is 15.5 Å². The van der Waals surface area contributed by atoms with Crippen LogP contribution in [0.15, 0.2) is 6.07 Å². The van der Waals surface area contributed by atoms with Crippen LogP contribution < -0.4 is 14.8 Å². The van der Waals surface area contributed by atoms with Crippen molar-refractivity contribution in [3.05, 3.63) is 16.8 Å². The van der Waals surface area contributed by atoms with Gasteiger partial charge in [-0.15, -0.1) is 10.2 Å². The molecule has 0 unspecified atom stereocenters. The second-order valence-electron chi connectivity index (χ2n) is 5.81. The molecule has 1 amide bonds. The molecule has 0 bridgehead atoms. The van der Waals surface area contributed by atoms with Crippen molar-refractivity contribution in [1.82, 2.24) is 20.2 Å². The first-order valence-electron chi connectivity index (χ1n) is 7.37. The van der Waals surface area contributed by atoms with Gasteiger partial charge in [0, 0.05) is 6.07 Å². The third kappa shape index (κ3) is 5.18. The zero-order chi connectivity index (χ0) is 20.5. The number of carbonyl (C=O) groups is 1. The van der Waals surface area contributed by atoms with Crippen LogP contribution in [0.2, 0.25) is 5.15 Å². The molecule has 1 aromatic rings. The predicted molar refractivity (Wildman–Crippen MR) is 85.2 cm³/mol. The van der Waals surface area contributed by atoms with Crippen molar-refractivity contribution >= 4 is 27.5 Å². The first-order valence-corrected chi connectivity index (χ1v) is 9.24. The highest BCUT2D eigenvalue weighted by molar-refractivity contribution is 7.90. The Balaban J connectivity index is 2.02. The minimum Gasteiger partial charge on any atom is -0.475 e. The average molecular weight is 428 g/mol. The third-order valence-corrected chi connectivity index (χ3v) is 5.03. The Morgan fingerprint density at radius 2 is 2.11 bits per heavy atom. The van der Waals surface area contributed by atoms with Gasteiger partial charge in [-0.1, -0.05) is 11.6 Å². The number of nitriles is 1. The summed E-state index contributed by atoms with van der Waals surface area (Å²) in [6.07, 6.45) is 0.983. The molecule has 1 heterocycles. The summed E-state index contributed by atoms with van der Waals surface area (Å²) in [7, 11) is -5.53. The smallest absolute Gasteiger partial charge is 0.475 e. The maximum atomic E-state index is 12.3. The summed E-state index contributed by atoms with van der Waals surface area (Å²) in [6.45, 7) is 0.624. The number of rotatable bonds is 7. The first-order chi connectivity index (χ1) is 12.4. The molecule has 148 valence electrons. The van der Waals surface area contributed by atoms with Crippen LogP contribution >= 0.6 is 11.6 Å². The molecule has 27 heavy (non-hydrogen) atoms. The van der Waals surface area contributed by atoms with Crippen LogP contribution in [0.1, 0.15) is 30.1 Å². The van der Waals surface area contributed by atoms with Crippen molar-refractivity contribution in [2.75, 3.05) is 6.61 Å². The molecule has 1 saturated carbocycles. The van der Waals surface area contributed by atoms with Gasteiger partial charge < -0.3 is 10.1 Å². The molecule has 1 aromatic heterocycles. The lowest BCUT2D eigenvalue weighted by Crippen LogP contribution is -2.43. The van der Waals surface area contributed by atoms with Crippen molar-refractivity contribution in [3.8, 4) is 11.9 Å². The molecule has 14 heteroatoms. The second kappa shape index (κ2) is 7.45. The Bertz CT molecular complexity index is 883. The van der Waals surface area contributed by atoms with E-state index in [4.69, 9.17) is 21.6 Å². The van der Waals surface area contributed by atoms with E-state index in [1.807, 2.05) is 6.07 Å². The normalized spacial score (nSPS) is 16.9. The Labute approximate surface area is 156 Å². The third-order valence-electron chi connectivity index (χ3n) is 3.43. The van der Waals surface area contributed by atoms with Crippen LogP contribution in [0.3, 0.4) is 0 Å². The molecule has 0 aliphatic heterocycles. The van der Waals surface area contributed by atoms with E-state index < -0.39 is 39.6 Å². The molecule has 1 fully saturated rings. The second-order valence-corrected chi connectivity index (χ2v) is 7.88. The van der Waals surface area contributed by atoms with E-state index in [9.17, 15) is 26.4 Å². The zero-order valence-electron chi connectivity index (χ0n) is 13.7. The lowest BCUT2D eigenvalue weighted by Gasteiger charge is -2.16. The van der Waals surface area contributed by atoms with Crippen LogP contribution in [-0.4, -0.2) is 48.2 Å². The Kier molecular flexibility index (Phi) is 5.83. The Morgan fingerprint density at radius 3 is 2.63 bits per heavy atom. The highest BCUT2D eigenvalue weighted by atomic mass is 35.5. The molecule has 9 nitrogen and oxygen atoms in total. The molecule has 2 rings (SSSR count). The van der Waals surface area contributed by atoms with Gasteiger partial charge in [-0.05, 0) is 19.8 Å². The monoisotopic (exact) mass is 427 g/mol. The number of aromatic nitrogens is 2. The minimum atomic E-state index is -5.53. The highest BCUT2D eigenvalue weighted by Gasteiger charge is 2.46. The van der Waals surface area contributed by atoms with E-state index in [0.717, 1.165) is 13.0 Å².